The van der Waals surface area contributed by atoms with E-state index in [0.717, 1.165) is 16.5 Å². The van der Waals surface area contributed by atoms with E-state index in [1.54, 1.807) is 11.8 Å². The molecule has 2 aromatic rings. The average molecular weight is 253 g/mol. The van der Waals surface area contributed by atoms with Crippen molar-refractivity contribution < 1.29 is 9.59 Å². The fraction of sp³-hybridized carbons (Fsp3) is 0.250. The molecule has 1 amide bonds. The molecule has 1 unspecified atom stereocenters. The third-order valence-corrected chi connectivity index (χ3v) is 3.79. The average Bonchev–Trinajstić information content (AvgIpc) is 2.73. The molecule has 96 valence electrons. The van der Waals surface area contributed by atoms with Crippen LogP contribution in [0.2, 0.25) is 0 Å². The van der Waals surface area contributed by atoms with Crippen LogP contribution in [0.25, 0.3) is 10.8 Å². The zero-order valence-corrected chi connectivity index (χ0v) is 11.0. The lowest BCUT2D eigenvalue weighted by Gasteiger charge is -2.24. The van der Waals surface area contributed by atoms with Gasteiger partial charge in [0.15, 0.2) is 5.78 Å². The molecule has 1 heterocycles. The molecule has 19 heavy (non-hydrogen) atoms. The van der Waals surface area contributed by atoms with Crippen molar-refractivity contribution >= 4 is 28.2 Å². The van der Waals surface area contributed by atoms with Gasteiger partial charge in [0.05, 0.1) is 11.7 Å². The summed E-state index contributed by atoms with van der Waals surface area (Å²) < 4.78 is 0. The highest BCUT2D eigenvalue weighted by molar-refractivity contribution is 6.26. The number of amides is 1. The summed E-state index contributed by atoms with van der Waals surface area (Å²) in [6.45, 7) is 3.63. The summed E-state index contributed by atoms with van der Waals surface area (Å²) in [5, 5.41) is 2.01. The van der Waals surface area contributed by atoms with Gasteiger partial charge in [0.2, 0.25) is 0 Å². The molecule has 0 aromatic heterocycles. The molecular formula is C16H15NO2. The van der Waals surface area contributed by atoms with Crippen LogP contribution < -0.4 is 4.90 Å². The van der Waals surface area contributed by atoms with E-state index in [2.05, 4.69) is 0 Å². The van der Waals surface area contributed by atoms with Gasteiger partial charge in [-0.05, 0) is 24.4 Å². The second kappa shape index (κ2) is 4.19. The van der Waals surface area contributed by atoms with E-state index in [0.29, 0.717) is 12.0 Å². The van der Waals surface area contributed by atoms with Crippen molar-refractivity contribution in [1.82, 2.24) is 0 Å². The number of hydrogen-bond acceptors (Lipinski definition) is 2. The van der Waals surface area contributed by atoms with E-state index in [9.17, 15) is 9.59 Å². The van der Waals surface area contributed by atoms with Crippen LogP contribution in [-0.4, -0.2) is 17.7 Å². The molecule has 0 radical (unpaired) electrons. The molecule has 0 spiro atoms. The van der Waals surface area contributed by atoms with Gasteiger partial charge in [-0.1, -0.05) is 31.2 Å². The van der Waals surface area contributed by atoms with Gasteiger partial charge in [-0.25, -0.2) is 0 Å². The van der Waals surface area contributed by atoms with E-state index >= 15 is 0 Å². The van der Waals surface area contributed by atoms with Crippen LogP contribution in [-0.2, 0) is 4.79 Å². The third kappa shape index (κ3) is 1.58. The highest BCUT2D eigenvalue weighted by Gasteiger charge is 2.34. The number of Topliss-reactive ketones (excluding diaryl/α,β-unsaturated/α-hetero) is 1. The molecule has 1 aliphatic rings. The lowest BCUT2D eigenvalue weighted by Crippen LogP contribution is -2.41. The summed E-state index contributed by atoms with van der Waals surface area (Å²) in [6, 6.07) is 11.1. The molecule has 0 saturated heterocycles. The number of rotatable bonds is 3. The molecule has 3 rings (SSSR count). The summed E-state index contributed by atoms with van der Waals surface area (Å²) in [5.41, 5.74) is 1.55. The first-order chi connectivity index (χ1) is 9.15. The maximum atomic E-state index is 12.5. The Bertz CT molecular complexity index is 685. The molecule has 2 aromatic carbocycles. The molecule has 0 saturated carbocycles. The standard InChI is InChI=1S/C16H15NO2/c1-3-14(18)10(2)17-13-9-5-7-11-6-4-8-12(15(11)13)16(17)19/h4-10H,3H2,1-2H3. The first-order valence-electron chi connectivity index (χ1n) is 6.53. The normalized spacial score (nSPS) is 15.1. The Kier molecular flexibility index (Phi) is 2.63. The predicted octanol–water partition coefficient (Wildman–Crippen LogP) is 3.17. The molecule has 3 nitrogen and oxygen atoms in total. The number of anilines is 1. The van der Waals surface area contributed by atoms with Crippen LogP contribution >= 0.6 is 0 Å². The van der Waals surface area contributed by atoms with Crippen LogP contribution in [0, 0.1) is 0 Å². The first-order valence-corrected chi connectivity index (χ1v) is 6.53. The molecule has 1 atom stereocenters. The van der Waals surface area contributed by atoms with E-state index in [4.69, 9.17) is 0 Å². The minimum atomic E-state index is -0.407. The van der Waals surface area contributed by atoms with Gasteiger partial charge < -0.3 is 0 Å². The Morgan fingerprint density at radius 3 is 2.58 bits per heavy atom. The van der Waals surface area contributed by atoms with Crippen LogP contribution in [0.1, 0.15) is 30.6 Å². The molecule has 1 aliphatic heterocycles. The van der Waals surface area contributed by atoms with Gasteiger partial charge in [-0.2, -0.15) is 0 Å². The molecule has 0 fully saturated rings. The van der Waals surface area contributed by atoms with Gasteiger partial charge in [-0.15, -0.1) is 0 Å². The van der Waals surface area contributed by atoms with Crippen molar-refractivity contribution in [2.24, 2.45) is 0 Å². The second-order valence-electron chi connectivity index (χ2n) is 4.85. The zero-order valence-electron chi connectivity index (χ0n) is 11.0. The molecule has 0 bridgehead atoms. The van der Waals surface area contributed by atoms with E-state index in [-0.39, 0.29) is 11.7 Å². The van der Waals surface area contributed by atoms with Crippen LogP contribution in [0.5, 0.6) is 0 Å². The van der Waals surface area contributed by atoms with Crippen molar-refractivity contribution in [3.63, 3.8) is 0 Å². The summed E-state index contributed by atoms with van der Waals surface area (Å²) >= 11 is 0. The summed E-state index contributed by atoms with van der Waals surface area (Å²) in [7, 11) is 0. The van der Waals surface area contributed by atoms with Crippen LogP contribution in [0.15, 0.2) is 36.4 Å². The minimum Gasteiger partial charge on any atom is -0.297 e. The van der Waals surface area contributed by atoms with Crippen molar-refractivity contribution in [3.05, 3.63) is 42.0 Å². The summed E-state index contributed by atoms with van der Waals surface area (Å²) in [4.78, 5) is 26.1. The van der Waals surface area contributed by atoms with E-state index < -0.39 is 6.04 Å². The van der Waals surface area contributed by atoms with Crippen molar-refractivity contribution in [3.8, 4) is 0 Å². The Labute approximate surface area is 111 Å². The Morgan fingerprint density at radius 1 is 1.21 bits per heavy atom. The Balaban J connectivity index is 2.21. The number of ketones is 1. The Morgan fingerprint density at radius 2 is 1.89 bits per heavy atom. The lowest BCUT2D eigenvalue weighted by atomic mass is 10.1. The van der Waals surface area contributed by atoms with Crippen LogP contribution in [0.3, 0.4) is 0 Å². The van der Waals surface area contributed by atoms with E-state index in [1.165, 1.54) is 0 Å². The summed E-state index contributed by atoms with van der Waals surface area (Å²) in [5.74, 6) is 0.0132. The van der Waals surface area contributed by atoms with Crippen molar-refractivity contribution in [1.29, 1.82) is 0 Å². The monoisotopic (exact) mass is 253 g/mol. The maximum Gasteiger partial charge on any atom is 0.259 e. The highest BCUT2D eigenvalue weighted by Crippen LogP contribution is 2.38. The molecule has 3 heteroatoms. The smallest absolute Gasteiger partial charge is 0.259 e. The van der Waals surface area contributed by atoms with Crippen molar-refractivity contribution in [2.45, 2.75) is 26.3 Å². The number of hydrogen-bond donors (Lipinski definition) is 0. The van der Waals surface area contributed by atoms with Gasteiger partial charge in [0, 0.05) is 17.4 Å². The zero-order chi connectivity index (χ0) is 13.6. The highest BCUT2D eigenvalue weighted by atomic mass is 16.2. The van der Waals surface area contributed by atoms with Gasteiger partial charge in [-0.3, -0.25) is 14.5 Å². The van der Waals surface area contributed by atoms with Crippen molar-refractivity contribution in [2.75, 3.05) is 4.90 Å². The first kappa shape index (κ1) is 11.9. The fourth-order valence-electron chi connectivity index (χ4n) is 2.76. The molecular weight excluding hydrogens is 238 g/mol. The second-order valence-corrected chi connectivity index (χ2v) is 4.85. The van der Waals surface area contributed by atoms with Gasteiger partial charge in [0.25, 0.3) is 5.91 Å². The SMILES string of the molecule is CCC(=O)C(C)N1C(=O)c2cccc3cccc1c23. The Hall–Kier alpha value is -2.16. The lowest BCUT2D eigenvalue weighted by molar-refractivity contribution is -0.119. The fourth-order valence-corrected chi connectivity index (χ4v) is 2.76. The minimum absolute atomic E-state index is 0.0684. The largest absolute Gasteiger partial charge is 0.297 e. The quantitative estimate of drug-likeness (QED) is 0.842. The topological polar surface area (TPSA) is 37.4 Å². The van der Waals surface area contributed by atoms with E-state index in [1.807, 2.05) is 43.3 Å². The number of benzene rings is 2. The summed E-state index contributed by atoms with van der Waals surface area (Å²) in [6.07, 6.45) is 0.442. The molecule has 0 aliphatic carbocycles. The van der Waals surface area contributed by atoms with Gasteiger partial charge >= 0.3 is 0 Å². The number of nitrogens with zero attached hydrogens (tertiary/aromatic N) is 1. The predicted molar refractivity (Wildman–Crippen MR) is 75.5 cm³/mol. The maximum absolute atomic E-state index is 12.5. The van der Waals surface area contributed by atoms with Crippen LogP contribution in [0.4, 0.5) is 5.69 Å². The number of carbonyl (C=O) groups excluding carboxylic acids is 2. The third-order valence-electron chi connectivity index (χ3n) is 3.79. The van der Waals surface area contributed by atoms with Gasteiger partial charge in [0.1, 0.15) is 0 Å². The molecule has 0 N–H and O–H groups in total. The number of carbonyl (C=O) groups is 2.